The molecule has 3 aliphatic heterocycles. The van der Waals surface area contributed by atoms with E-state index in [1.54, 1.807) is 0 Å². The molecule has 3 fully saturated rings. The maximum Gasteiger partial charge on any atom is 0.319 e. The summed E-state index contributed by atoms with van der Waals surface area (Å²) >= 11 is 7.26. The van der Waals surface area contributed by atoms with Crippen molar-refractivity contribution in [2.24, 2.45) is 0 Å². The summed E-state index contributed by atoms with van der Waals surface area (Å²) in [6.45, 7) is 8.86. The molecule has 42 heavy (non-hydrogen) atoms. The molecule has 0 bridgehead atoms. The highest BCUT2D eigenvalue weighted by Crippen LogP contribution is 2.48. The van der Waals surface area contributed by atoms with E-state index < -0.39 is 0 Å². The summed E-state index contributed by atoms with van der Waals surface area (Å²) in [7, 11) is 2.15. The number of nitrogens with zero attached hydrogens (tertiary/aromatic N) is 5. The molecule has 10 nitrogen and oxygen atoms in total. The van der Waals surface area contributed by atoms with Gasteiger partial charge in [0, 0.05) is 74.0 Å². The van der Waals surface area contributed by atoms with Crippen molar-refractivity contribution in [3.05, 3.63) is 35.0 Å². The van der Waals surface area contributed by atoms with E-state index in [1.165, 1.54) is 0 Å². The first-order chi connectivity index (χ1) is 20.5. The number of halogens is 1. The monoisotopic (exact) mass is 591 g/mol. The summed E-state index contributed by atoms with van der Waals surface area (Å²) in [5, 5.41) is 13.4. The molecule has 4 aromatic rings. The molecule has 2 N–H and O–H groups in total. The van der Waals surface area contributed by atoms with Crippen LogP contribution in [0.5, 0.6) is 11.8 Å². The largest absolute Gasteiger partial charge is 0.487 e. The van der Waals surface area contributed by atoms with Crippen LogP contribution in [0, 0.1) is 6.92 Å². The van der Waals surface area contributed by atoms with E-state index in [-0.39, 0.29) is 12.2 Å². The van der Waals surface area contributed by atoms with Gasteiger partial charge >= 0.3 is 6.01 Å². The van der Waals surface area contributed by atoms with Crippen LogP contribution in [0.25, 0.3) is 32.9 Å². The van der Waals surface area contributed by atoms with Gasteiger partial charge in [-0.2, -0.15) is 15.1 Å². The number of fused-ring (bicyclic) bond motifs is 2. The number of aryl methyl sites for hydroxylation is 1. The van der Waals surface area contributed by atoms with Gasteiger partial charge in [-0.1, -0.05) is 17.7 Å². The highest BCUT2D eigenvalue weighted by Gasteiger charge is 2.29. The van der Waals surface area contributed by atoms with Crippen LogP contribution in [0.15, 0.2) is 24.4 Å². The Morgan fingerprint density at radius 3 is 2.48 bits per heavy atom. The molecule has 0 saturated carbocycles. The van der Waals surface area contributed by atoms with Crippen molar-refractivity contribution in [3.63, 3.8) is 0 Å². The van der Waals surface area contributed by atoms with Crippen LogP contribution >= 0.6 is 11.6 Å². The summed E-state index contributed by atoms with van der Waals surface area (Å²) in [5.74, 6) is 1.51. The SMILES string of the molecule is Cc1ccc2[nH]ncc2c1-c1c(Cl)cc2c(N3CCNCC3)nc(OC3CCN(C)CC3)nc2c1OC1CCOCC1. The molecule has 0 aliphatic carbocycles. The van der Waals surface area contributed by atoms with E-state index in [9.17, 15) is 0 Å². The van der Waals surface area contributed by atoms with Gasteiger partial charge in [0.1, 0.15) is 23.5 Å². The molecule has 3 aliphatic rings. The topological polar surface area (TPSA) is 101 Å². The van der Waals surface area contributed by atoms with Gasteiger partial charge in [-0.3, -0.25) is 5.10 Å². The molecule has 2 aromatic carbocycles. The molecule has 3 saturated heterocycles. The summed E-state index contributed by atoms with van der Waals surface area (Å²) in [5.41, 5.74) is 4.58. The number of ether oxygens (including phenoxy) is 3. The first-order valence-electron chi connectivity index (χ1n) is 15.1. The van der Waals surface area contributed by atoms with Gasteiger partial charge in [0.25, 0.3) is 0 Å². The normalized spacial score (nSPS) is 19.5. The third-order valence-corrected chi connectivity index (χ3v) is 9.04. The van der Waals surface area contributed by atoms with Crippen molar-refractivity contribution < 1.29 is 14.2 Å². The summed E-state index contributed by atoms with van der Waals surface area (Å²) in [6, 6.07) is 6.55. The minimum absolute atomic E-state index is 0.0149. The number of nitrogens with one attached hydrogen (secondary N) is 2. The summed E-state index contributed by atoms with van der Waals surface area (Å²) < 4.78 is 19.1. The smallest absolute Gasteiger partial charge is 0.319 e. The van der Waals surface area contributed by atoms with Gasteiger partial charge in [-0.25, -0.2) is 0 Å². The van der Waals surface area contributed by atoms with Gasteiger partial charge in [0.05, 0.1) is 29.9 Å². The van der Waals surface area contributed by atoms with Crippen molar-refractivity contribution in [1.82, 2.24) is 30.4 Å². The number of hydrogen-bond acceptors (Lipinski definition) is 9. The maximum atomic E-state index is 7.26. The molecule has 0 unspecified atom stereocenters. The number of hydrogen-bond donors (Lipinski definition) is 2. The van der Waals surface area contributed by atoms with Gasteiger partial charge < -0.3 is 29.3 Å². The lowest BCUT2D eigenvalue weighted by atomic mass is 9.94. The van der Waals surface area contributed by atoms with E-state index in [0.717, 1.165) is 109 Å². The molecule has 222 valence electrons. The highest BCUT2D eigenvalue weighted by atomic mass is 35.5. The average Bonchev–Trinajstić information content (AvgIpc) is 3.49. The molecular weight excluding hydrogens is 554 g/mol. The van der Waals surface area contributed by atoms with Crippen molar-refractivity contribution in [3.8, 4) is 22.9 Å². The fourth-order valence-corrected chi connectivity index (χ4v) is 6.65. The summed E-state index contributed by atoms with van der Waals surface area (Å²) in [4.78, 5) is 14.8. The minimum atomic E-state index is -0.0149. The van der Waals surface area contributed by atoms with Gasteiger partial charge in [-0.05, 0) is 44.5 Å². The van der Waals surface area contributed by atoms with Crippen LogP contribution in [0.2, 0.25) is 5.02 Å². The second-order valence-electron chi connectivity index (χ2n) is 11.7. The van der Waals surface area contributed by atoms with E-state index in [1.807, 2.05) is 18.3 Å². The Morgan fingerprint density at radius 2 is 1.69 bits per heavy atom. The molecule has 0 radical (unpaired) electrons. The summed E-state index contributed by atoms with van der Waals surface area (Å²) in [6.07, 6.45) is 5.41. The third-order valence-electron chi connectivity index (χ3n) is 8.75. The number of piperazine rings is 1. The van der Waals surface area contributed by atoms with Crippen LogP contribution in [0.4, 0.5) is 5.82 Å². The van der Waals surface area contributed by atoms with Gasteiger partial charge in [0.2, 0.25) is 0 Å². The highest BCUT2D eigenvalue weighted by molar-refractivity contribution is 6.35. The second-order valence-corrected chi connectivity index (χ2v) is 12.1. The first kappa shape index (κ1) is 27.6. The number of benzene rings is 2. The van der Waals surface area contributed by atoms with Crippen LogP contribution in [-0.4, -0.2) is 96.8 Å². The zero-order valence-corrected chi connectivity index (χ0v) is 25.0. The number of rotatable bonds is 6. The molecule has 0 atom stereocenters. The Balaban J connectivity index is 1.45. The lowest BCUT2D eigenvalue weighted by Gasteiger charge is -2.32. The van der Waals surface area contributed by atoms with Gasteiger partial charge in [-0.15, -0.1) is 0 Å². The van der Waals surface area contributed by atoms with Crippen molar-refractivity contribution >= 4 is 39.2 Å². The molecule has 11 heteroatoms. The molecule has 2 aromatic heterocycles. The molecule has 0 amide bonds. The number of aromatic nitrogens is 4. The van der Waals surface area contributed by atoms with E-state index in [0.29, 0.717) is 30.0 Å². The maximum absolute atomic E-state index is 7.26. The lowest BCUT2D eigenvalue weighted by Crippen LogP contribution is -2.44. The molecular formula is C31H38ClN7O3. The standard InChI is InChI=1S/C31H38ClN7O3/c1-19-3-4-25-23(18-34-37-25)26(19)27-24(32)17-22-28(29(27)41-21-7-15-40-16-8-21)35-31(42-20-5-11-38(2)12-6-20)36-30(22)39-13-9-33-10-14-39/h3-4,17-18,20-21,33H,5-16H2,1-2H3,(H,34,37). The Hall–Kier alpha value is -3.18. The second kappa shape index (κ2) is 11.8. The fraction of sp³-hybridized carbons (Fsp3) is 0.516. The van der Waals surface area contributed by atoms with Crippen molar-refractivity contribution in [2.45, 2.75) is 44.8 Å². The van der Waals surface area contributed by atoms with Crippen LogP contribution in [0.3, 0.4) is 0 Å². The number of anilines is 1. The Bertz CT molecular complexity index is 1570. The predicted molar refractivity (Wildman–Crippen MR) is 165 cm³/mol. The van der Waals surface area contributed by atoms with E-state index in [4.69, 9.17) is 35.8 Å². The van der Waals surface area contributed by atoms with Crippen LogP contribution < -0.4 is 19.7 Å². The molecule has 5 heterocycles. The number of H-pyrrole nitrogens is 1. The zero-order chi connectivity index (χ0) is 28.6. The predicted octanol–water partition coefficient (Wildman–Crippen LogP) is 4.58. The number of piperidine rings is 1. The average molecular weight is 592 g/mol. The van der Waals surface area contributed by atoms with Crippen molar-refractivity contribution in [1.29, 1.82) is 0 Å². The molecule has 0 spiro atoms. The zero-order valence-electron chi connectivity index (χ0n) is 24.3. The Kier molecular flexibility index (Phi) is 7.79. The van der Waals surface area contributed by atoms with E-state index >= 15 is 0 Å². The lowest BCUT2D eigenvalue weighted by molar-refractivity contribution is 0.0263. The van der Waals surface area contributed by atoms with Gasteiger partial charge in [0.15, 0.2) is 5.75 Å². The Labute approximate surface area is 250 Å². The Morgan fingerprint density at radius 1 is 0.929 bits per heavy atom. The van der Waals surface area contributed by atoms with Crippen molar-refractivity contribution in [2.75, 3.05) is 64.4 Å². The van der Waals surface area contributed by atoms with E-state index in [2.05, 4.69) is 45.4 Å². The fourth-order valence-electron chi connectivity index (χ4n) is 6.36. The first-order valence-corrected chi connectivity index (χ1v) is 15.5. The molecule has 7 rings (SSSR count). The third kappa shape index (κ3) is 5.37. The number of likely N-dealkylation sites (tertiary alicyclic amines) is 1. The number of aromatic amines is 1. The minimum Gasteiger partial charge on any atom is -0.487 e. The van der Waals surface area contributed by atoms with Crippen LogP contribution in [0.1, 0.15) is 31.2 Å². The van der Waals surface area contributed by atoms with Crippen LogP contribution in [-0.2, 0) is 4.74 Å². The quantitative estimate of drug-likeness (QED) is 0.334.